The molecule has 158 valence electrons. The van der Waals surface area contributed by atoms with E-state index in [0.717, 1.165) is 47.4 Å². The number of likely N-dealkylation sites (tertiary alicyclic amines) is 1. The van der Waals surface area contributed by atoms with Crippen LogP contribution in [-0.4, -0.2) is 73.8 Å². The number of aromatic nitrogens is 5. The summed E-state index contributed by atoms with van der Waals surface area (Å²) in [6.07, 6.45) is 7.67. The molecule has 3 aromatic heterocycles. The molecular weight excluding hydrogens is 380 g/mol. The summed E-state index contributed by atoms with van der Waals surface area (Å²) in [7, 11) is 6.09. The van der Waals surface area contributed by atoms with Gasteiger partial charge in [-0.3, -0.25) is 9.48 Å². The normalized spacial score (nSPS) is 16.7. The summed E-state index contributed by atoms with van der Waals surface area (Å²) >= 11 is 0. The number of nitrogen functional groups attached to an aromatic ring is 1. The Bertz CT molecular complexity index is 1100. The van der Waals surface area contributed by atoms with E-state index in [4.69, 9.17) is 5.73 Å². The van der Waals surface area contributed by atoms with Crippen molar-refractivity contribution in [2.24, 2.45) is 7.05 Å². The summed E-state index contributed by atoms with van der Waals surface area (Å²) in [6.45, 7) is 6.66. The largest absolute Gasteiger partial charge is 0.383 e. The van der Waals surface area contributed by atoms with Crippen molar-refractivity contribution < 1.29 is 4.79 Å². The molecule has 4 rings (SSSR count). The number of amides is 1. The van der Waals surface area contributed by atoms with Crippen LogP contribution >= 0.6 is 0 Å². The third-order valence-corrected chi connectivity index (χ3v) is 5.80. The first-order chi connectivity index (χ1) is 14.4. The van der Waals surface area contributed by atoms with E-state index in [9.17, 15) is 4.79 Å². The van der Waals surface area contributed by atoms with E-state index in [1.165, 1.54) is 12.4 Å². The lowest BCUT2D eigenvalue weighted by Gasteiger charge is -2.16. The van der Waals surface area contributed by atoms with E-state index in [2.05, 4.69) is 37.3 Å². The molecule has 2 N–H and O–H groups in total. The van der Waals surface area contributed by atoms with E-state index in [1.54, 1.807) is 0 Å². The molecule has 1 fully saturated rings. The summed E-state index contributed by atoms with van der Waals surface area (Å²) in [5, 5.41) is 5.40. The Morgan fingerprint density at radius 3 is 2.93 bits per heavy atom. The van der Waals surface area contributed by atoms with Crippen LogP contribution in [0.25, 0.3) is 22.2 Å². The third kappa shape index (κ3) is 3.45. The number of carbonyl (C=O) groups is 1. The van der Waals surface area contributed by atoms with Crippen LogP contribution in [0.2, 0.25) is 0 Å². The predicted octanol–water partition coefficient (Wildman–Crippen LogP) is 1.48. The molecule has 1 aliphatic rings. The number of rotatable bonds is 6. The maximum absolute atomic E-state index is 12.1. The molecule has 0 spiro atoms. The number of aryl methyl sites for hydroxylation is 1. The van der Waals surface area contributed by atoms with Gasteiger partial charge in [0.25, 0.3) is 0 Å². The lowest BCUT2D eigenvalue weighted by atomic mass is 9.96. The first-order valence-corrected chi connectivity index (χ1v) is 10.1. The molecule has 0 radical (unpaired) electrons. The predicted molar refractivity (Wildman–Crippen MR) is 117 cm³/mol. The van der Waals surface area contributed by atoms with Gasteiger partial charge in [0, 0.05) is 55.6 Å². The highest BCUT2D eigenvalue weighted by Gasteiger charge is 2.32. The second-order valence-electron chi connectivity index (χ2n) is 8.05. The first-order valence-electron chi connectivity index (χ1n) is 10.1. The standard InChI is InChI=1S/C21H28N8O/c1-5-16(30)28-7-6-14(11-28)19-17(15-10-25-29(12-15)9-8-26(2)3)18-20(22)23-13-24-21(18)27(19)4/h5,10,12-14H,1,6-9,11H2,2-4H3,(H2,22,23,24)/t14-/m1/s1. The molecule has 0 aromatic carbocycles. The fourth-order valence-electron chi connectivity index (χ4n) is 4.29. The highest BCUT2D eigenvalue weighted by atomic mass is 16.2. The minimum absolute atomic E-state index is 0.0337. The van der Waals surface area contributed by atoms with Crippen LogP contribution in [0.3, 0.4) is 0 Å². The molecule has 9 nitrogen and oxygen atoms in total. The number of hydrogen-bond donors (Lipinski definition) is 1. The molecular formula is C21H28N8O. The van der Waals surface area contributed by atoms with Gasteiger partial charge in [-0.25, -0.2) is 9.97 Å². The van der Waals surface area contributed by atoms with Gasteiger partial charge in [-0.05, 0) is 26.6 Å². The zero-order chi connectivity index (χ0) is 21.4. The molecule has 1 amide bonds. The maximum atomic E-state index is 12.1. The van der Waals surface area contributed by atoms with E-state index < -0.39 is 0 Å². The number of likely N-dealkylation sites (N-methyl/N-ethyl adjacent to an activating group) is 1. The highest BCUT2D eigenvalue weighted by Crippen LogP contribution is 2.42. The van der Waals surface area contributed by atoms with Crippen LogP contribution < -0.4 is 5.73 Å². The van der Waals surface area contributed by atoms with Gasteiger partial charge in [0.2, 0.25) is 5.91 Å². The van der Waals surface area contributed by atoms with Gasteiger partial charge in [0.05, 0.1) is 18.1 Å². The quantitative estimate of drug-likeness (QED) is 0.621. The molecule has 30 heavy (non-hydrogen) atoms. The fourth-order valence-corrected chi connectivity index (χ4v) is 4.29. The van der Waals surface area contributed by atoms with Crippen molar-refractivity contribution in [3.63, 3.8) is 0 Å². The first kappa shape index (κ1) is 20.1. The average Bonchev–Trinajstić information content (AvgIpc) is 3.44. The number of carbonyl (C=O) groups excluding carboxylic acids is 1. The molecule has 1 aliphatic heterocycles. The topological polar surface area (TPSA) is 98.1 Å². The molecule has 3 aromatic rings. The van der Waals surface area contributed by atoms with E-state index in [1.807, 2.05) is 36.9 Å². The second kappa shape index (κ2) is 7.91. The van der Waals surface area contributed by atoms with Crippen LogP contribution in [0.5, 0.6) is 0 Å². The van der Waals surface area contributed by atoms with Crippen LogP contribution in [0, 0.1) is 0 Å². The van der Waals surface area contributed by atoms with Crippen molar-refractivity contribution in [3.05, 3.63) is 37.1 Å². The Balaban J connectivity index is 1.81. The molecule has 1 saturated heterocycles. The molecule has 4 heterocycles. The lowest BCUT2D eigenvalue weighted by Crippen LogP contribution is -2.26. The molecule has 9 heteroatoms. The van der Waals surface area contributed by atoms with E-state index in [0.29, 0.717) is 18.9 Å². The van der Waals surface area contributed by atoms with Crippen LogP contribution in [0.1, 0.15) is 18.0 Å². The Kier molecular flexibility index (Phi) is 5.29. The summed E-state index contributed by atoms with van der Waals surface area (Å²) in [6, 6.07) is 0. The fraction of sp³-hybridized carbons (Fsp3) is 0.429. The number of hydrogen-bond acceptors (Lipinski definition) is 6. The third-order valence-electron chi connectivity index (χ3n) is 5.80. The molecule has 0 unspecified atom stereocenters. The Hall–Kier alpha value is -3.20. The highest BCUT2D eigenvalue weighted by molar-refractivity contribution is 6.02. The van der Waals surface area contributed by atoms with Crippen molar-refractivity contribution in [2.45, 2.75) is 18.9 Å². The average molecular weight is 409 g/mol. The summed E-state index contributed by atoms with van der Waals surface area (Å²) in [5.74, 6) is 0.594. The lowest BCUT2D eigenvalue weighted by molar-refractivity contribution is -0.125. The number of fused-ring (bicyclic) bond motifs is 1. The van der Waals surface area contributed by atoms with Gasteiger partial charge in [-0.15, -0.1) is 0 Å². The van der Waals surface area contributed by atoms with Gasteiger partial charge >= 0.3 is 0 Å². The molecule has 0 bridgehead atoms. The van der Waals surface area contributed by atoms with Crippen molar-refractivity contribution in [1.29, 1.82) is 0 Å². The maximum Gasteiger partial charge on any atom is 0.245 e. The van der Waals surface area contributed by atoms with Crippen molar-refractivity contribution >= 4 is 22.8 Å². The SMILES string of the molecule is C=CC(=O)N1CC[C@@H](c2c(-c3cnn(CCN(C)C)c3)c3c(N)ncnc3n2C)C1. The van der Waals surface area contributed by atoms with Crippen LogP contribution in [0.15, 0.2) is 31.4 Å². The minimum atomic E-state index is -0.0337. The second-order valence-corrected chi connectivity index (χ2v) is 8.05. The number of anilines is 1. The van der Waals surface area contributed by atoms with Crippen LogP contribution in [0.4, 0.5) is 5.82 Å². The molecule has 1 atom stereocenters. The molecule has 0 saturated carbocycles. The zero-order valence-corrected chi connectivity index (χ0v) is 17.7. The van der Waals surface area contributed by atoms with Gasteiger partial charge in [-0.1, -0.05) is 6.58 Å². The monoisotopic (exact) mass is 408 g/mol. The smallest absolute Gasteiger partial charge is 0.245 e. The Morgan fingerprint density at radius 1 is 1.40 bits per heavy atom. The van der Waals surface area contributed by atoms with Gasteiger partial charge in [0.1, 0.15) is 17.8 Å². The minimum Gasteiger partial charge on any atom is -0.383 e. The van der Waals surface area contributed by atoms with Gasteiger partial charge in [0.15, 0.2) is 0 Å². The Labute approximate surface area is 175 Å². The van der Waals surface area contributed by atoms with Crippen molar-refractivity contribution in [2.75, 3.05) is 39.5 Å². The Morgan fingerprint density at radius 2 is 2.20 bits per heavy atom. The van der Waals surface area contributed by atoms with Gasteiger partial charge in [-0.2, -0.15) is 5.10 Å². The van der Waals surface area contributed by atoms with Gasteiger partial charge < -0.3 is 20.1 Å². The zero-order valence-electron chi connectivity index (χ0n) is 17.7. The summed E-state index contributed by atoms with van der Waals surface area (Å²) in [4.78, 5) is 24.8. The van der Waals surface area contributed by atoms with E-state index in [-0.39, 0.29) is 11.8 Å². The summed E-state index contributed by atoms with van der Waals surface area (Å²) in [5.41, 5.74) is 10.2. The molecule has 0 aliphatic carbocycles. The number of nitrogens with two attached hydrogens (primary N) is 1. The number of nitrogens with zero attached hydrogens (tertiary/aromatic N) is 7. The van der Waals surface area contributed by atoms with E-state index >= 15 is 0 Å². The van der Waals surface area contributed by atoms with Crippen LogP contribution in [-0.2, 0) is 18.4 Å². The summed E-state index contributed by atoms with van der Waals surface area (Å²) < 4.78 is 4.03. The van der Waals surface area contributed by atoms with Crippen molar-refractivity contribution in [3.8, 4) is 11.1 Å². The van der Waals surface area contributed by atoms with Crippen molar-refractivity contribution in [1.82, 2.24) is 34.1 Å².